The molecule has 0 N–H and O–H groups in total. The number of amides is 1. The minimum Gasteiger partial charge on any atom is -0.453 e. The van der Waals surface area contributed by atoms with Crippen LogP contribution in [0.25, 0.3) is 0 Å². The topological polar surface area (TPSA) is 42.4 Å². The quantitative estimate of drug-likeness (QED) is 0.696. The van der Waals surface area contributed by atoms with Crippen molar-refractivity contribution in [2.24, 2.45) is 5.92 Å². The molecule has 0 spiro atoms. The third-order valence-corrected chi connectivity index (χ3v) is 5.15. The van der Waals surface area contributed by atoms with E-state index in [4.69, 9.17) is 4.74 Å². The Bertz CT molecular complexity index is 851. The maximum absolute atomic E-state index is 11.9. The molecule has 0 saturated carbocycles. The van der Waals surface area contributed by atoms with Crippen molar-refractivity contribution >= 4 is 6.09 Å². The van der Waals surface area contributed by atoms with Gasteiger partial charge < -0.3 is 9.64 Å². The van der Waals surface area contributed by atoms with E-state index in [2.05, 4.69) is 22.9 Å². The fraction of sp³-hybridized carbons (Fsp3) is 0.333. The predicted molar refractivity (Wildman–Crippen MR) is 95.2 cm³/mol. The van der Waals surface area contributed by atoms with Gasteiger partial charge >= 0.3 is 6.09 Å². The summed E-state index contributed by atoms with van der Waals surface area (Å²) in [5.74, 6) is 7.24. The minimum atomic E-state index is -0.232. The number of aryl methyl sites for hydroxylation is 1. The lowest BCUT2D eigenvalue weighted by Crippen LogP contribution is -2.28. The van der Waals surface area contributed by atoms with Crippen LogP contribution in [0.15, 0.2) is 42.6 Å². The number of carbonyl (C=O) groups excluding carboxylic acids is 1. The van der Waals surface area contributed by atoms with Gasteiger partial charge in [-0.2, -0.15) is 0 Å². The molecular formula is C21H20N2O2. The molecule has 1 amide bonds. The van der Waals surface area contributed by atoms with Crippen molar-refractivity contribution in [2.75, 3.05) is 20.2 Å². The first-order chi connectivity index (χ1) is 12.2. The highest BCUT2D eigenvalue weighted by Gasteiger charge is 2.40. The molecule has 2 atom stereocenters. The summed E-state index contributed by atoms with van der Waals surface area (Å²) in [6, 6.07) is 12.1. The number of hydrogen-bond acceptors (Lipinski definition) is 3. The smallest absolute Gasteiger partial charge is 0.409 e. The van der Waals surface area contributed by atoms with E-state index in [-0.39, 0.29) is 6.09 Å². The van der Waals surface area contributed by atoms with Crippen LogP contribution in [0.5, 0.6) is 0 Å². The molecular weight excluding hydrogens is 312 g/mol. The molecule has 4 heteroatoms. The summed E-state index contributed by atoms with van der Waals surface area (Å²) in [4.78, 5) is 18.3. The molecule has 0 radical (unpaired) electrons. The fourth-order valence-corrected chi connectivity index (χ4v) is 3.89. The van der Waals surface area contributed by atoms with Gasteiger partial charge in [0.05, 0.1) is 7.11 Å². The van der Waals surface area contributed by atoms with Crippen LogP contribution in [0.1, 0.15) is 34.7 Å². The largest absolute Gasteiger partial charge is 0.453 e. The molecule has 2 aliphatic rings. The standard InChI is InChI=1S/C21H20N2O2/c1-25-21(24)23-13-17-9-10-20-18(19(17)14-23)11-16(12-22-20)8-7-15-5-3-2-4-6-15/h2-6,11-12,17,19H,9-10,13-14H2,1H3. The third-order valence-electron chi connectivity index (χ3n) is 5.15. The maximum Gasteiger partial charge on any atom is 0.409 e. The first-order valence-electron chi connectivity index (χ1n) is 8.63. The molecule has 4 nitrogen and oxygen atoms in total. The lowest BCUT2D eigenvalue weighted by Gasteiger charge is -2.26. The molecule has 1 fully saturated rings. The SMILES string of the molecule is COC(=O)N1CC2CCc3ncc(C#Cc4ccccc4)cc3C2C1. The zero-order valence-corrected chi connectivity index (χ0v) is 14.2. The predicted octanol–water partition coefficient (Wildman–Crippen LogP) is 3.21. The van der Waals surface area contributed by atoms with Crippen LogP contribution >= 0.6 is 0 Å². The second-order valence-corrected chi connectivity index (χ2v) is 6.66. The Labute approximate surface area is 147 Å². The van der Waals surface area contributed by atoms with Crippen LogP contribution in [-0.2, 0) is 11.2 Å². The van der Waals surface area contributed by atoms with Crippen molar-refractivity contribution in [3.05, 3.63) is 65.0 Å². The number of hydrogen-bond donors (Lipinski definition) is 0. The Morgan fingerprint density at radius 3 is 2.80 bits per heavy atom. The molecule has 2 unspecified atom stereocenters. The molecule has 126 valence electrons. The normalized spacial score (nSPS) is 20.9. The molecule has 2 aromatic rings. The first kappa shape index (κ1) is 15.7. The van der Waals surface area contributed by atoms with Crippen molar-refractivity contribution in [1.29, 1.82) is 0 Å². The average molecular weight is 332 g/mol. The highest BCUT2D eigenvalue weighted by Crippen LogP contribution is 2.41. The molecule has 25 heavy (non-hydrogen) atoms. The van der Waals surface area contributed by atoms with E-state index in [0.29, 0.717) is 18.4 Å². The molecule has 1 aliphatic carbocycles. The number of ether oxygens (including phenoxy) is 1. The number of rotatable bonds is 0. The monoisotopic (exact) mass is 332 g/mol. The number of nitrogens with zero attached hydrogens (tertiary/aromatic N) is 2. The van der Waals surface area contributed by atoms with E-state index in [1.165, 1.54) is 12.7 Å². The summed E-state index contributed by atoms with van der Waals surface area (Å²) in [6.07, 6.45) is 3.68. The zero-order chi connectivity index (χ0) is 17.2. The first-order valence-corrected chi connectivity index (χ1v) is 8.63. The fourth-order valence-electron chi connectivity index (χ4n) is 3.89. The molecule has 0 bridgehead atoms. The number of methoxy groups -OCH3 is 1. The van der Waals surface area contributed by atoms with E-state index >= 15 is 0 Å². The van der Waals surface area contributed by atoms with Crippen LogP contribution in [0.2, 0.25) is 0 Å². The van der Waals surface area contributed by atoms with Crippen LogP contribution in [0.4, 0.5) is 4.79 Å². The van der Waals surface area contributed by atoms with Gasteiger partial charge in [0.15, 0.2) is 0 Å². The van der Waals surface area contributed by atoms with Gasteiger partial charge in [-0.15, -0.1) is 0 Å². The van der Waals surface area contributed by atoms with Gasteiger partial charge in [0.2, 0.25) is 0 Å². The van der Waals surface area contributed by atoms with Crippen LogP contribution in [-0.4, -0.2) is 36.2 Å². The summed E-state index contributed by atoms with van der Waals surface area (Å²) in [5.41, 5.74) is 4.33. The van der Waals surface area contributed by atoms with E-state index < -0.39 is 0 Å². The summed E-state index contributed by atoms with van der Waals surface area (Å²) in [5, 5.41) is 0. The van der Waals surface area contributed by atoms with Gasteiger partial charge in [-0.25, -0.2) is 4.79 Å². The average Bonchev–Trinajstić information content (AvgIpc) is 3.11. The van der Waals surface area contributed by atoms with Gasteiger partial charge in [-0.1, -0.05) is 30.0 Å². The molecule has 1 aliphatic heterocycles. The van der Waals surface area contributed by atoms with Crippen molar-refractivity contribution in [3.8, 4) is 11.8 Å². The van der Waals surface area contributed by atoms with Crippen molar-refractivity contribution in [3.63, 3.8) is 0 Å². The summed E-state index contributed by atoms with van der Waals surface area (Å²) in [7, 11) is 1.44. The van der Waals surface area contributed by atoms with Crippen molar-refractivity contribution in [1.82, 2.24) is 9.88 Å². The van der Waals surface area contributed by atoms with E-state index in [9.17, 15) is 4.79 Å². The van der Waals surface area contributed by atoms with Gasteiger partial charge in [0.1, 0.15) is 0 Å². The number of benzene rings is 1. The zero-order valence-electron chi connectivity index (χ0n) is 14.2. The summed E-state index contributed by atoms with van der Waals surface area (Å²) >= 11 is 0. The molecule has 1 aromatic carbocycles. The Morgan fingerprint density at radius 2 is 2.00 bits per heavy atom. The lowest BCUT2D eigenvalue weighted by atomic mass is 9.79. The number of carbonyl (C=O) groups is 1. The molecule has 4 rings (SSSR count). The van der Waals surface area contributed by atoms with Crippen LogP contribution < -0.4 is 0 Å². The Morgan fingerprint density at radius 1 is 1.20 bits per heavy atom. The Kier molecular flexibility index (Phi) is 4.15. The van der Waals surface area contributed by atoms with Crippen molar-refractivity contribution < 1.29 is 9.53 Å². The minimum absolute atomic E-state index is 0.232. The van der Waals surface area contributed by atoms with E-state index in [1.54, 1.807) is 0 Å². The van der Waals surface area contributed by atoms with E-state index in [0.717, 1.165) is 36.2 Å². The molecule has 1 aromatic heterocycles. The maximum atomic E-state index is 11.9. The number of likely N-dealkylation sites (tertiary alicyclic amines) is 1. The summed E-state index contributed by atoms with van der Waals surface area (Å²) < 4.78 is 4.89. The second kappa shape index (κ2) is 6.60. The Balaban J connectivity index is 1.61. The van der Waals surface area contributed by atoms with Crippen LogP contribution in [0.3, 0.4) is 0 Å². The highest BCUT2D eigenvalue weighted by molar-refractivity contribution is 5.68. The van der Waals surface area contributed by atoms with E-state index in [1.807, 2.05) is 41.4 Å². The second-order valence-electron chi connectivity index (χ2n) is 6.66. The Hall–Kier alpha value is -2.80. The van der Waals surface area contributed by atoms with Gasteiger partial charge in [0, 0.05) is 42.0 Å². The van der Waals surface area contributed by atoms with Gasteiger partial charge in [-0.3, -0.25) is 4.98 Å². The lowest BCUT2D eigenvalue weighted by molar-refractivity contribution is 0.131. The molecule has 2 heterocycles. The van der Waals surface area contributed by atoms with Gasteiger partial charge in [-0.05, 0) is 42.5 Å². The number of fused-ring (bicyclic) bond motifs is 3. The highest BCUT2D eigenvalue weighted by atomic mass is 16.5. The van der Waals surface area contributed by atoms with Gasteiger partial charge in [0.25, 0.3) is 0 Å². The summed E-state index contributed by atoms with van der Waals surface area (Å²) in [6.45, 7) is 1.48. The van der Waals surface area contributed by atoms with Crippen LogP contribution in [0, 0.1) is 17.8 Å². The number of pyridine rings is 1. The van der Waals surface area contributed by atoms with Crippen molar-refractivity contribution in [2.45, 2.75) is 18.8 Å². The molecule has 1 saturated heterocycles. The third kappa shape index (κ3) is 3.10. The number of aromatic nitrogens is 1.